The van der Waals surface area contributed by atoms with Crippen molar-refractivity contribution >= 4 is 42.6 Å². The molecule has 0 aromatic heterocycles. The summed E-state index contributed by atoms with van der Waals surface area (Å²) in [7, 11) is -0.605. The summed E-state index contributed by atoms with van der Waals surface area (Å²) in [5.74, 6) is 0. The maximum Gasteiger partial charge on any atom is 0.0230 e. The van der Waals surface area contributed by atoms with Crippen molar-refractivity contribution in [1.29, 1.82) is 4.78 Å². The molecule has 2 aromatic rings. The van der Waals surface area contributed by atoms with E-state index in [1.807, 2.05) is 48.5 Å². The highest BCUT2D eigenvalue weighted by Crippen LogP contribution is 2.21. The lowest BCUT2D eigenvalue weighted by atomic mass is 10.4. The number of rotatable bonds is 2. The van der Waals surface area contributed by atoms with E-state index in [1.54, 1.807) is 0 Å². The van der Waals surface area contributed by atoms with Gasteiger partial charge >= 0.3 is 0 Å². The fraction of sp³-hybridized carbons (Fsp3) is 0. The standard InChI is InChI=1S/C12H9Br2NS/c13-9-1-5-11(6-2-9)16(15)12-7-3-10(14)4-8-12/h1-8,15H. The van der Waals surface area contributed by atoms with Crippen LogP contribution in [0.4, 0.5) is 0 Å². The van der Waals surface area contributed by atoms with Gasteiger partial charge in [0.05, 0.1) is 0 Å². The molecule has 0 aliphatic rings. The van der Waals surface area contributed by atoms with Crippen molar-refractivity contribution in [3.05, 3.63) is 57.5 Å². The second kappa shape index (κ2) is 5.25. The summed E-state index contributed by atoms with van der Waals surface area (Å²) in [6, 6.07) is 15.9. The fourth-order valence-electron chi connectivity index (χ4n) is 1.28. The molecule has 0 spiro atoms. The van der Waals surface area contributed by atoms with Gasteiger partial charge < -0.3 is 0 Å². The summed E-state index contributed by atoms with van der Waals surface area (Å²) >= 11 is 6.79. The second-order valence-corrected chi connectivity index (χ2v) is 6.60. The highest BCUT2D eigenvalue weighted by atomic mass is 79.9. The molecule has 2 aromatic carbocycles. The Morgan fingerprint density at radius 2 is 1.00 bits per heavy atom. The van der Waals surface area contributed by atoms with Crippen molar-refractivity contribution in [2.45, 2.75) is 9.79 Å². The van der Waals surface area contributed by atoms with E-state index in [1.165, 1.54) is 0 Å². The lowest BCUT2D eigenvalue weighted by Crippen LogP contribution is -1.90. The van der Waals surface area contributed by atoms with E-state index in [0.29, 0.717) is 0 Å². The maximum atomic E-state index is 8.19. The largest absolute Gasteiger partial charge is 0.271 e. The maximum absolute atomic E-state index is 8.19. The minimum absolute atomic E-state index is 0.605. The third-order valence-corrected chi connectivity index (χ3v) is 4.64. The molecular formula is C12H9Br2NS. The molecule has 4 heteroatoms. The molecule has 0 heterocycles. The Morgan fingerprint density at radius 1 is 0.688 bits per heavy atom. The van der Waals surface area contributed by atoms with E-state index >= 15 is 0 Å². The number of hydrogen-bond acceptors (Lipinski definition) is 1. The zero-order valence-electron chi connectivity index (χ0n) is 8.28. The third-order valence-electron chi connectivity index (χ3n) is 2.10. The molecule has 1 N–H and O–H groups in total. The summed E-state index contributed by atoms with van der Waals surface area (Å²) < 4.78 is 10.3. The Bertz CT molecular complexity index is 458. The van der Waals surface area contributed by atoms with Crippen LogP contribution in [0.1, 0.15) is 0 Å². The fourth-order valence-corrected chi connectivity index (χ4v) is 2.89. The van der Waals surface area contributed by atoms with Gasteiger partial charge in [-0.15, -0.1) is 0 Å². The number of hydrogen-bond donors (Lipinski definition) is 1. The van der Waals surface area contributed by atoms with Crippen molar-refractivity contribution in [1.82, 2.24) is 0 Å². The predicted octanol–water partition coefficient (Wildman–Crippen LogP) is 5.01. The molecule has 16 heavy (non-hydrogen) atoms. The van der Waals surface area contributed by atoms with Crippen LogP contribution in [0.25, 0.3) is 0 Å². The summed E-state index contributed by atoms with van der Waals surface area (Å²) in [4.78, 5) is 2.07. The lowest BCUT2D eigenvalue weighted by molar-refractivity contribution is 1.35. The smallest absolute Gasteiger partial charge is 0.0230 e. The van der Waals surface area contributed by atoms with Gasteiger partial charge in [0.25, 0.3) is 0 Å². The van der Waals surface area contributed by atoms with Crippen molar-refractivity contribution in [3.8, 4) is 0 Å². The first-order valence-corrected chi connectivity index (χ1v) is 7.44. The SMILES string of the molecule is N=S(c1ccc(Br)cc1)c1ccc(Br)cc1. The summed E-state index contributed by atoms with van der Waals surface area (Å²) in [6.45, 7) is 0. The molecular weight excluding hydrogens is 350 g/mol. The van der Waals surface area contributed by atoms with Gasteiger partial charge in [0.1, 0.15) is 0 Å². The molecule has 0 atom stereocenters. The molecule has 0 radical (unpaired) electrons. The van der Waals surface area contributed by atoms with Crippen molar-refractivity contribution < 1.29 is 0 Å². The molecule has 0 aliphatic heterocycles. The Kier molecular flexibility index (Phi) is 3.95. The van der Waals surface area contributed by atoms with Gasteiger partial charge in [-0.3, -0.25) is 4.78 Å². The first-order valence-electron chi connectivity index (χ1n) is 4.63. The minimum Gasteiger partial charge on any atom is -0.271 e. The zero-order chi connectivity index (χ0) is 11.5. The average molecular weight is 359 g/mol. The molecule has 0 aliphatic carbocycles. The van der Waals surface area contributed by atoms with Crippen LogP contribution in [0.5, 0.6) is 0 Å². The third kappa shape index (κ3) is 2.81. The minimum atomic E-state index is -0.605. The highest BCUT2D eigenvalue weighted by molar-refractivity contribution is 9.10. The number of nitrogens with one attached hydrogen (secondary N) is 1. The molecule has 0 amide bonds. The molecule has 0 bridgehead atoms. The van der Waals surface area contributed by atoms with Gasteiger partial charge in [0.15, 0.2) is 0 Å². The first kappa shape index (κ1) is 12.0. The second-order valence-electron chi connectivity index (χ2n) is 3.21. The van der Waals surface area contributed by atoms with Crippen LogP contribution >= 0.6 is 31.9 Å². The zero-order valence-corrected chi connectivity index (χ0v) is 12.3. The average Bonchev–Trinajstić information content (AvgIpc) is 2.30. The predicted molar refractivity (Wildman–Crippen MR) is 74.9 cm³/mol. The number of benzene rings is 2. The topological polar surface area (TPSA) is 23.9 Å². The van der Waals surface area contributed by atoms with Gasteiger partial charge in [-0.2, -0.15) is 0 Å². The Morgan fingerprint density at radius 3 is 1.31 bits per heavy atom. The monoisotopic (exact) mass is 357 g/mol. The van der Waals surface area contributed by atoms with E-state index in [4.69, 9.17) is 4.78 Å². The van der Waals surface area contributed by atoms with Crippen LogP contribution in [-0.4, -0.2) is 0 Å². The lowest BCUT2D eigenvalue weighted by Gasteiger charge is -2.06. The summed E-state index contributed by atoms with van der Waals surface area (Å²) in [5.41, 5.74) is 0. The molecule has 0 saturated heterocycles. The first-order chi connectivity index (χ1) is 7.66. The Labute approximate surface area is 114 Å². The van der Waals surface area contributed by atoms with E-state index in [2.05, 4.69) is 31.9 Å². The Hall–Kier alpha value is -0.450. The molecule has 2 rings (SSSR count). The number of halogens is 2. The van der Waals surface area contributed by atoms with Gasteiger partial charge in [0, 0.05) is 18.7 Å². The van der Waals surface area contributed by atoms with E-state index < -0.39 is 10.7 Å². The summed E-state index contributed by atoms with van der Waals surface area (Å²) in [6.07, 6.45) is 0. The van der Waals surface area contributed by atoms with Gasteiger partial charge in [-0.05, 0) is 59.2 Å². The van der Waals surface area contributed by atoms with E-state index in [9.17, 15) is 0 Å². The van der Waals surface area contributed by atoms with Crippen molar-refractivity contribution in [2.75, 3.05) is 0 Å². The van der Waals surface area contributed by atoms with Crippen LogP contribution in [0.2, 0.25) is 0 Å². The van der Waals surface area contributed by atoms with Crippen LogP contribution in [0.3, 0.4) is 0 Å². The van der Waals surface area contributed by atoms with Gasteiger partial charge in [-0.25, -0.2) is 0 Å². The van der Waals surface area contributed by atoms with E-state index in [-0.39, 0.29) is 0 Å². The van der Waals surface area contributed by atoms with Crippen LogP contribution < -0.4 is 0 Å². The van der Waals surface area contributed by atoms with Crippen molar-refractivity contribution in [3.63, 3.8) is 0 Å². The molecule has 0 saturated carbocycles. The molecule has 1 nitrogen and oxygen atoms in total. The summed E-state index contributed by atoms with van der Waals surface area (Å²) in [5, 5.41) is 0. The van der Waals surface area contributed by atoms with Crippen LogP contribution in [0, 0.1) is 4.78 Å². The quantitative estimate of drug-likeness (QED) is 0.780. The molecule has 0 unspecified atom stereocenters. The molecule has 0 fully saturated rings. The van der Waals surface area contributed by atoms with Crippen LogP contribution in [-0.2, 0) is 10.7 Å². The van der Waals surface area contributed by atoms with Gasteiger partial charge in [0.2, 0.25) is 0 Å². The normalized spacial score (nSPS) is 10.7. The van der Waals surface area contributed by atoms with Crippen molar-refractivity contribution in [2.24, 2.45) is 0 Å². The highest BCUT2D eigenvalue weighted by Gasteiger charge is 2.02. The van der Waals surface area contributed by atoms with Crippen LogP contribution in [0.15, 0.2) is 67.3 Å². The Balaban J connectivity index is 2.32. The molecule has 82 valence electrons. The van der Waals surface area contributed by atoms with Gasteiger partial charge in [-0.1, -0.05) is 31.9 Å². The van der Waals surface area contributed by atoms with E-state index in [0.717, 1.165) is 18.7 Å².